The number of methoxy groups -OCH3 is 2. The number of carbonyl (C=O) groups excluding carboxylic acids is 3. The lowest BCUT2D eigenvalue weighted by molar-refractivity contribution is -0.123. The monoisotopic (exact) mass is 451 g/mol. The molecule has 0 atom stereocenters. The van der Waals surface area contributed by atoms with Crippen molar-refractivity contribution < 1.29 is 33.0 Å². The molecule has 3 rings (SSSR count). The summed E-state index contributed by atoms with van der Waals surface area (Å²) in [5.41, 5.74) is 0.511. The van der Waals surface area contributed by atoms with Gasteiger partial charge in [0.1, 0.15) is 5.76 Å². The lowest BCUT2D eigenvalue weighted by Gasteiger charge is -2.12. The Bertz CT molecular complexity index is 1030. The Morgan fingerprint density at radius 2 is 2.00 bits per heavy atom. The molecule has 158 valence electrons. The van der Waals surface area contributed by atoms with E-state index in [0.717, 1.165) is 16.7 Å². The van der Waals surface area contributed by atoms with Gasteiger partial charge in [0.2, 0.25) is 5.76 Å². The minimum atomic E-state index is -0.644. The Labute approximate surface area is 181 Å². The molecule has 0 bridgehead atoms. The van der Waals surface area contributed by atoms with Crippen molar-refractivity contribution in [1.82, 2.24) is 4.90 Å². The fourth-order valence-corrected chi connectivity index (χ4v) is 3.73. The van der Waals surface area contributed by atoms with Gasteiger partial charge in [0.25, 0.3) is 11.1 Å². The predicted octanol–water partition coefficient (Wildman–Crippen LogP) is 4.36. The summed E-state index contributed by atoms with van der Waals surface area (Å²) >= 11 is 7.08. The van der Waals surface area contributed by atoms with Crippen LogP contribution in [0.2, 0.25) is 5.02 Å². The first kappa shape index (κ1) is 21.8. The van der Waals surface area contributed by atoms with Gasteiger partial charge < -0.3 is 18.6 Å². The predicted molar refractivity (Wildman–Crippen MR) is 111 cm³/mol. The fourth-order valence-electron chi connectivity index (χ4n) is 2.70. The zero-order valence-electron chi connectivity index (χ0n) is 16.4. The smallest absolute Gasteiger partial charge is 0.373 e. The van der Waals surface area contributed by atoms with E-state index in [2.05, 4.69) is 4.74 Å². The largest absolute Gasteiger partial charge is 0.493 e. The van der Waals surface area contributed by atoms with Crippen molar-refractivity contribution in [3.8, 4) is 11.5 Å². The van der Waals surface area contributed by atoms with Crippen molar-refractivity contribution >= 4 is 46.6 Å². The fraction of sp³-hybridized carbons (Fsp3) is 0.250. The van der Waals surface area contributed by atoms with E-state index in [1.165, 1.54) is 32.4 Å². The molecule has 0 saturated carbocycles. The van der Waals surface area contributed by atoms with Crippen molar-refractivity contribution in [1.29, 1.82) is 0 Å². The van der Waals surface area contributed by atoms with Crippen LogP contribution in [0, 0.1) is 0 Å². The number of esters is 1. The third-order valence-electron chi connectivity index (χ3n) is 4.11. The van der Waals surface area contributed by atoms with Crippen LogP contribution in [0.5, 0.6) is 11.5 Å². The molecular formula is C20H18ClNO7S. The second-order valence-electron chi connectivity index (χ2n) is 5.98. The summed E-state index contributed by atoms with van der Waals surface area (Å²) in [6, 6.07) is 6.16. The van der Waals surface area contributed by atoms with E-state index < -0.39 is 17.1 Å². The highest BCUT2D eigenvalue weighted by molar-refractivity contribution is 8.18. The number of carbonyl (C=O) groups is 3. The number of hydrogen-bond acceptors (Lipinski definition) is 8. The average Bonchev–Trinajstić information content (AvgIpc) is 3.30. The Kier molecular flexibility index (Phi) is 6.73. The van der Waals surface area contributed by atoms with Gasteiger partial charge in [-0.05, 0) is 48.5 Å². The maximum Gasteiger partial charge on any atom is 0.373 e. The molecule has 2 heterocycles. The molecule has 1 aliphatic heterocycles. The van der Waals surface area contributed by atoms with Crippen LogP contribution in [0.1, 0.15) is 28.8 Å². The number of ether oxygens (including phenoxy) is 3. The van der Waals surface area contributed by atoms with Crippen molar-refractivity contribution in [3.63, 3.8) is 0 Å². The van der Waals surface area contributed by atoms with Gasteiger partial charge >= 0.3 is 5.97 Å². The Morgan fingerprint density at radius 3 is 2.67 bits per heavy atom. The minimum absolute atomic E-state index is 0.0107. The average molecular weight is 452 g/mol. The lowest BCUT2D eigenvalue weighted by atomic mass is 10.1. The first-order valence-corrected chi connectivity index (χ1v) is 10.00. The zero-order valence-corrected chi connectivity index (χ0v) is 18.0. The van der Waals surface area contributed by atoms with Gasteiger partial charge in [-0.2, -0.15) is 0 Å². The first-order chi connectivity index (χ1) is 14.4. The summed E-state index contributed by atoms with van der Waals surface area (Å²) in [6.07, 6.45) is 1.53. The van der Waals surface area contributed by atoms with E-state index in [1.54, 1.807) is 12.1 Å². The molecule has 0 spiro atoms. The summed E-state index contributed by atoms with van der Waals surface area (Å²) < 4.78 is 20.7. The maximum absolute atomic E-state index is 12.8. The highest BCUT2D eigenvalue weighted by Gasteiger charge is 2.36. The molecule has 0 radical (unpaired) electrons. The topological polar surface area (TPSA) is 95.3 Å². The van der Waals surface area contributed by atoms with Gasteiger partial charge in [-0.1, -0.05) is 11.6 Å². The number of nitrogens with zero attached hydrogens (tertiary/aromatic N) is 1. The maximum atomic E-state index is 12.8. The molecule has 8 nitrogen and oxygen atoms in total. The molecule has 0 unspecified atom stereocenters. The van der Waals surface area contributed by atoms with E-state index in [-0.39, 0.29) is 23.0 Å². The van der Waals surface area contributed by atoms with Crippen LogP contribution >= 0.6 is 23.4 Å². The summed E-state index contributed by atoms with van der Waals surface area (Å²) in [7, 11) is 2.73. The molecule has 10 heteroatoms. The van der Waals surface area contributed by atoms with E-state index in [4.69, 9.17) is 25.5 Å². The van der Waals surface area contributed by atoms with Gasteiger partial charge in [-0.15, -0.1) is 0 Å². The third kappa shape index (κ3) is 4.47. The molecule has 2 aromatic rings. The number of amides is 2. The molecular weight excluding hydrogens is 434 g/mol. The second-order valence-corrected chi connectivity index (χ2v) is 7.38. The van der Waals surface area contributed by atoms with Crippen molar-refractivity contribution in [2.45, 2.75) is 13.5 Å². The summed E-state index contributed by atoms with van der Waals surface area (Å²) in [5, 5.41) is -0.118. The molecule has 1 aromatic heterocycles. The Balaban J connectivity index is 1.83. The molecule has 1 aromatic carbocycles. The van der Waals surface area contributed by atoms with Crippen molar-refractivity contribution in [2.75, 3.05) is 20.8 Å². The SMILES string of the molecule is CCOc1cc(C=C2SC(=O)N(Cc3ccc(C(=O)OC)o3)C2=O)c(Cl)cc1OC. The minimum Gasteiger partial charge on any atom is -0.493 e. The number of halogens is 1. The van der Waals surface area contributed by atoms with E-state index in [1.807, 2.05) is 6.92 Å². The first-order valence-electron chi connectivity index (χ1n) is 8.80. The zero-order chi connectivity index (χ0) is 21.8. The lowest BCUT2D eigenvalue weighted by Crippen LogP contribution is -2.27. The number of hydrogen-bond donors (Lipinski definition) is 0. The third-order valence-corrected chi connectivity index (χ3v) is 5.34. The van der Waals surface area contributed by atoms with Gasteiger partial charge in [0.15, 0.2) is 11.5 Å². The van der Waals surface area contributed by atoms with Crippen LogP contribution in [0.4, 0.5) is 4.79 Å². The molecule has 1 saturated heterocycles. The Hall–Kier alpha value is -2.91. The highest BCUT2D eigenvalue weighted by Crippen LogP contribution is 2.38. The normalized spacial score (nSPS) is 15.1. The van der Waals surface area contributed by atoms with Gasteiger partial charge in [-0.3, -0.25) is 14.5 Å². The molecule has 1 fully saturated rings. The summed E-state index contributed by atoms with van der Waals surface area (Å²) in [4.78, 5) is 37.8. The quantitative estimate of drug-likeness (QED) is 0.452. The van der Waals surface area contributed by atoms with Crippen LogP contribution in [0.15, 0.2) is 33.6 Å². The number of thioether (sulfide) groups is 1. The van der Waals surface area contributed by atoms with Gasteiger partial charge in [-0.25, -0.2) is 4.79 Å². The molecule has 30 heavy (non-hydrogen) atoms. The Morgan fingerprint density at radius 1 is 1.23 bits per heavy atom. The van der Waals surface area contributed by atoms with Crippen LogP contribution in [0.25, 0.3) is 6.08 Å². The van der Waals surface area contributed by atoms with E-state index in [0.29, 0.717) is 28.7 Å². The molecule has 1 aliphatic rings. The van der Waals surface area contributed by atoms with Crippen molar-refractivity contribution in [3.05, 3.63) is 51.3 Å². The van der Waals surface area contributed by atoms with E-state index in [9.17, 15) is 14.4 Å². The van der Waals surface area contributed by atoms with Crippen LogP contribution in [-0.2, 0) is 16.1 Å². The highest BCUT2D eigenvalue weighted by atomic mass is 35.5. The summed E-state index contributed by atoms with van der Waals surface area (Å²) in [6.45, 7) is 2.14. The van der Waals surface area contributed by atoms with Crippen molar-refractivity contribution in [2.24, 2.45) is 0 Å². The van der Waals surface area contributed by atoms with Crippen LogP contribution in [-0.4, -0.2) is 42.8 Å². The van der Waals surface area contributed by atoms with Gasteiger partial charge in [0.05, 0.1) is 37.3 Å². The standard InChI is InChI=1S/C20H18ClNO7S/c1-4-28-16-7-11(13(21)9-15(16)26-2)8-17-18(23)22(20(25)30-17)10-12-5-6-14(29-12)19(24)27-3/h5-9H,4,10H2,1-3H3. The molecule has 0 aliphatic carbocycles. The number of rotatable bonds is 7. The number of furan rings is 1. The molecule has 2 amide bonds. The summed E-state index contributed by atoms with van der Waals surface area (Å²) in [5.74, 6) is 0.0658. The second kappa shape index (κ2) is 9.27. The molecule has 0 N–H and O–H groups in total. The van der Waals surface area contributed by atoms with Crippen LogP contribution < -0.4 is 9.47 Å². The number of imide groups is 1. The van der Waals surface area contributed by atoms with E-state index >= 15 is 0 Å². The van der Waals surface area contributed by atoms with Crippen LogP contribution in [0.3, 0.4) is 0 Å². The number of benzene rings is 1. The van der Waals surface area contributed by atoms with Gasteiger partial charge in [0, 0.05) is 6.07 Å².